The van der Waals surface area contributed by atoms with Gasteiger partial charge in [0.1, 0.15) is 5.34 Å². The molecule has 0 heterocycles. The molecule has 0 aromatic heterocycles. The molecule has 88 valence electrons. The third-order valence-corrected chi connectivity index (χ3v) is 5.90. The van der Waals surface area contributed by atoms with Gasteiger partial charge < -0.3 is 10.00 Å². The number of benzene rings is 1. The maximum atomic E-state index is 12.4. The molecule has 4 heteroatoms. The second-order valence-electron chi connectivity index (χ2n) is 4.45. The first kappa shape index (κ1) is 11.8. The average Bonchev–Trinajstić information content (AvgIpc) is 2.31. The lowest BCUT2D eigenvalue weighted by atomic mass is 9.97. The minimum absolute atomic E-state index is 0.361. The second-order valence-corrected chi connectivity index (χ2v) is 6.96. The summed E-state index contributed by atoms with van der Waals surface area (Å²) >= 11 is 0. The number of aliphatic hydroxyl groups is 1. The van der Waals surface area contributed by atoms with Crippen LogP contribution in [-0.4, -0.2) is 15.3 Å². The molecule has 0 amide bonds. The molecule has 1 aromatic rings. The maximum absolute atomic E-state index is 12.4. The van der Waals surface area contributed by atoms with Crippen LogP contribution in [0.25, 0.3) is 0 Å². The van der Waals surface area contributed by atoms with Crippen molar-refractivity contribution in [2.45, 2.75) is 37.4 Å². The summed E-state index contributed by atoms with van der Waals surface area (Å²) in [6.45, 7) is 0. The Morgan fingerprint density at radius 2 is 1.62 bits per heavy atom. The van der Waals surface area contributed by atoms with Crippen LogP contribution in [0.3, 0.4) is 0 Å². The fraction of sp³-hybridized carbons (Fsp3) is 0.500. The standard InChI is InChI=1S/C12H17O3P/c13-12(9-5-2-6-10-12)16(14,15)11-7-3-1-4-8-11/h1,3-4,7-8,13H,2,5-6,9-10H2,(H,14,15). The van der Waals surface area contributed by atoms with E-state index in [1.54, 1.807) is 30.3 Å². The van der Waals surface area contributed by atoms with Gasteiger partial charge in [0.15, 0.2) is 0 Å². The minimum atomic E-state index is -3.68. The lowest BCUT2D eigenvalue weighted by molar-refractivity contribution is 0.0721. The van der Waals surface area contributed by atoms with Crippen LogP contribution in [0.4, 0.5) is 0 Å². The van der Waals surface area contributed by atoms with E-state index in [1.165, 1.54) is 0 Å². The average molecular weight is 240 g/mol. The highest BCUT2D eigenvalue weighted by molar-refractivity contribution is 7.67. The molecular formula is C12H17O3P. The molecule has 1 aliphatic carbocycles. The van der Waals surface area contributed by atoms with Gasteiger partial charge in [-0.15, -0.1) is 0 Å². The van der Waals surface area contributed by atoms with E-state index in [4.69, 9.17) is 0 Å². The van der Waals surface area contributed by atoms with Crippen LogP contribution in [0.15, 0.2) is 30.3 Å². The highest BCUT2D eigenvalue weighted by Crippen LogP contribution is 2.57. The molecule has 0 bridgehead atoms. The van der Waals surface area contributed by atoms with Gasteiger partial charge in [-0.3, -0.25) is 4.57 Å². The Balaban J connectivity index is 2.34. The molecule has 1 aromatic carbocycles. The first-order chi connectivity index (χ1) is 7.56. The summed E-state index contributed by atoms with van der Waals surface area (Å²) in [5, 5.41) is 9.29. The van der Waals surface area contributed by atoms with E-state index in [1.807, 2.05) is 0 Å². The van der Waals surface area contributed by atoms with E-state index in [2.05, 4.69) is 0 Å². The van der Waals surface area contributed by atoms with Gasteiger partial charge in [0, 0.05) is 5.30 Å². The SMILES string of the molecule is O=P(O)(c1ccccc1)C1(O)CCCCC1. The lowest BCUT2D eigenvalue weighted by Gasteiger charge is -2.35. The maximum Gasteiger partial charge on any atom is 0.260 e. The van der Waals surface area contributed by atoms with E-state index < -0.39 is 12.7 Å². The molecule has 0 saturated heterocycles. The highest BCUT2D eigenvalue weighted by Gasteiger charge is 2.47. The zero-order chi connectivity index (χ0) is 11.6. The van der Waals surface area contributed by atoms with Gasteiger partial charge in [0.25, 0.3) is 7.37 Å². The summed E-state index contributed by atoms with van der Waals surface area (Å²) < 4.78 is 12.4. The van der Waals surface area contributed by atoms with Crippen LogP contribution < -0.4 is 5.30 Å². The first-order valence-electron chi connectivity index (χ1n) is 5.67. The quantitative estimate of drug-likeness (QED) is 0.779. The third-order valence-electron chi connectivity index (χ3n) is 3.32. The second kappa shape index (κ2) is 4.33. The largest absolute Gasteiger partial charge is 0.379 e. The molecule has 1 aliphatic rings. The Morgan fingerprint density at radius 1 is 1.06 bits per heavy atom. The zero-order valence-electron chi connectivity index (χ0n) is 9.17. The lowest BCUT2D eigenvalue weighted by Crippen LogP contribution is -2.35. The molecule has 0 spiro atoms. The van der Waals surface area contributed by atoms with Gasteiger partial charge in [-0.25, -0.2) is 0 Å². The van der Waals surface area contributed by atoms with Crippen molar-refractivity contribution < 1.29 is 14.6 Å². The van der Waals surface area contributed by atoms with Gasteiger partial charge in [0.05, 0.1) is 0 Å². The Morgan fingerprint density at radius 3 is 2.19 bits per heavy atom. The minimum Gasteiger partial charge on any atom is -0.379 e. The summed E-state index contributed by atoms with van der Waals surface area (Å²) in [6.07, 6.45) is 3.55. The van der Waals surface area contributed by atoms with Crippen molar-refractivity contribution in [3.8, 4) is 0 Å². The number of rotatable bonds is 2. The van der Waals surface area contributed by atoms with E-state index in [-0.39, 0.29) is 0 Å². The fourth-order valence-corrected chi connectivity index (χ4v) is 4.27. The summed E-state index contributed by atoms with van der Waals surface area (Å²) in [6, 6.07) is 8.49. The fourth-order valence-electron chi connectivity index (χ4n) is 2.29. The van der Waals surface area contributed by atoms with Crippen LogP contribution >= 0.6 is 7.37 Å². The van der Waals surface area contributed by atoms with Crippen molar-refractivity contribution in [2.24, 2.45) is 0 Å². The predicted octanol–water partition coefficient (Wildman–Crippen LogP) is 2.24. The molecule has 2 N–H and O–H groups in total. The van der Waals surface area contributed by atoms with E-state index >= 15 is 0 Å². The first-order valence-corrected chi connectivity index (χ1v) is 7.33. The molecule has 1 saturated carbocycles. The number of hydrogen-bond acceptors (Lipinski definition) is 2. The van der Waals surface area contributed by atoms with Gasteiger partial charge in [0.2, 0.25) is 0 Å². The van der Waals surface area contributed by atoms with Crippen LogP contribution in [-0.2, 0) is 4.57 Å². The van der Waals surface area contributed by atoms with Crippen molar-refractivity contribution >= 4 is 12.7 Å². The third kappa shape index (κ3) is 1.95. The Bertz CT molecular complexity index is 396. The molecule has 1 unspecified atom stereocenters. The summed E-state index contributed by atoms with van der Waals surface area (Å²) in [5.41, 5.74) is 0. The number of hydrogen-bond donors (Lipinski definition) is 2. The Labute approximate surface area is 95.6 Å². The predicted molar refractivity (Wildman–Crippen MR) is 63.9 cm³/mol. The topological polar surface area (TPSA) is 57.5 Å². The van der Waals surface area contributed by atoms with Gasteiger partial charge in [-0.2, -0.15) is 0 Å². The van der Waals surface area contributed by atoms with E-state index in [0.29, 0.717) is 18.1 Å². The summed E-state index contributed by atoms with van der Waals surface area (Å²) in [7, 11) is -3.68. The van der Waals surface area contributed by atoms with Crippen molar-refractivity contribution in [1.82, 2.24) is 0 Å². The van der Waals surface area contributed by atoms with Gasteiger partial charge in [-0.05, 0) is 37.8 Å². The zero-order valence-corrected chi connectivity index (χ0v) is 10.1. The molecule has 0 radical (unpaired) electrons. The molecular weight excluding hydrogens is 223 g/mol. The van der Waals surface area contributed by atoms with Crippen molar-refractivity contribution in [2.75, 3.05) is 0 Å². The highest BCUT2D eigenvalue weighted by atomic mass is 31.2. The van der Waals surface area contributed by atoms with Gasteiger partial charge >= 0.3 is 0 Å². The van der Waals surface area contributed by atoms with Crippen LogP contribution in [0.5, 0.6) is 0 Å². The smallest absolute Gasteiger partial charge is 0.260 e. The molecule has 3 nitrogen and oxygen atoms in total. The van der Waals surface area contributed by atoms with Crippen LogP contribution in [0, 0.1) is 0 Å². The van der Waals surface area contributed by atoms with E-state index in [0.717, 1.165) is 19.3 Å². The Kier molecular flexibility index (Phi) is 3.20. The monoisotopic (exact) mass is 240 g/mol. The van der Waals surface area contributed by atoms with Crippen LogP contribution in [0.2, 0.25) is 0 Å². The molecule has 1 fully saturated rings. The summed E-state index contributed by atoms with van der Waals surface area (Å²) in [5.74, 6) is 0. The molecule has 1 atom stereocenters. The molecule has 2 rings (SSSR count). The molecule has 0 aliphatic heterocycles. The van der Waals surface area contributed by atoms with Crippen molar-refractivity contribution in [3.63, 3.8) is 0 Å². The van der Waals surface area contributed by atoms with Crippen molar-refractivity contribution in [3.05, 3.63) is 30.3 Å². The van der Waals surface area contributed by atoms with Crippen molar-refractivity contribution in [1.29, 1.82) is 0 Å². The Hall–Kier alpha value is -0.630. The normalized spacial score (nSPS) is 23.6. The van der Waals surface area contributed by atoms with Gasteiger partial charge in [-0.1, -0.05) is 24.6 Å². The summed E-state index contributed by atoms with van der Waals surface area (Å²) in [4.78, 5) is 10.2. The van der Waals surface area contributed by atoms with E-state index in [9.17, 15) is 14.6 Å². The van der Waals surface area contributed by atoms with Crippen LogP contribution in [0.1, 0.15) is 32.1 Å². The molecule has 16 heavy (non-hydrogen) atoms.